The number of thiazole rings is 3. The normalized spacial score (nSPS) is 10.8. The number of nitrogen functional groups attached to an aromatic ring is 1. The van der Waals surface area contributed by atoms with Gasteiger partial charge in [-0.25, -0.2) is 15.0 Å². The molecule has 0 bridgehead atoms. The van der Waals surface area contributed by atoms with E-state index in [1.165, 1.54) is 34.0 Å². The molecule has 3 aromatic heterocycles. The SMILES string of the molecule is C=Cc1cnc(CC(=O)OC(C)(C)C)s1.C=Cc1cnc(N)s1.CC(C)(C)OC(=O)Cc1ncc(Br)s1. The highest BCUT2D eigenvalue weighted by Crippen LogP contribution is 2.20. The summed E-state index contributed by atoms with van der Waals surface area (Å²) in [5, 5.41) is 2.13. The van der Waals surface area contributed by atoms with Crippen LogP contribution in [-0.4, -0.2) is 38.1 Å². The van der Waals surface area contributed by atoms with E-state index in [0.29, 0.717) is 5.13 Å². The Morgan fingerprint density at radius 1 is 0.838 bits per heavy atom. The largest absolute Gasteiger partial charge is 0.460 e. The number of halogens is 1. The third kappa shape index (κ3) is 15.4. The highest BCUT2D eigenvalue weighted by Gasteiger charge is 2.18. The van der Waals surface area contributed by atoms with Gasteiger partial charge in [0.05, 0.1) is 22.8 Å². The zero-order valence-corrected chi connectivity index (χ0v) is 25.9. The van der Waals surface area contributed by atoms with Crippen LogP contribution in [0.2, 0.25) is 0 Å². The lowest BCUT2D eigenvalue weighted by molar-refractivity contribution is -0.155. The molecule has 0 aliphatic rings. The van der Waals surface area contributed by atoms with E-state index in [1.807, 2.05) is 41.5 Å². The first-order valence-electron chi connectivity index (χ1n) is 11.0. The van der Waals surface area contributed by atoms with E-state index in [2.05, 4.69) is 44.0 Å². The van der Waals surface area contributed by atoms with Gasteiger partial charge in [0, 0.05) is 22.1 Å². The molecule has 3 rings (SSSR count). The summed E-state index contributed by atoms with van der Waals surface area (Å²) >= 11 is 7.63. The lowest BCUT2D eigenvalue weighted by atomic mass is 10.2. The first-order valence-corrected chi connectivity index (χ1v) is 14.3. The smallest absolute Gasteiger partial charge is 0.313 e. The summed E-state index contributed by atoms with van der Waals surface area (Å²) in [5.74, 6) is -0.480. The van der Waals surface area contributed by atoms with Crippen molar-refractivity contribution >= 4 is 79.2 Å². The molecule has 0 atom stereocenters. The second-order valence-corrected chi connectivity index (χ2v) is 14.0. The summed E-state index contributed by atoms with van der Waals surface area (Å²) in [4.78, 5) is 36.8. The van der Waals surface area contributed by atoms with Gasteiger partial charge in [0.15, 0.2) is 5.13 Å². The maximum Gasteiger partial charge on any atom is 0.313 e. The van der Waals surface area contributed by atoms with Crippen molar-refractivity contribution in [3.63, 3.8) is 0 Å². The second-order valence-electron chi connectivity index (χ2n) is 9.25. The van der Waals surface area contributed by atoms with E-state index >= 15 is 0 Å². The monoisotopic (exact) mass is 628 g/mol. The number of hydrogen-bond acceptors (Lipinski definition) is 11. The molecular formula is C25H33BrN4O4S3. The Morgan fingerprint density at radius 2 is 1.27 bits per heavy atom. The fraction of sp³-hybridized carbons (Fsp3) is 0.400. The van der Waals surface area contributed by atoms with Crippen LogP contribution < -0.4 is 5.73 Å². The number of carbonyl (C=O) groups excluding carboxylic acids is 2. The second kappa shape index (κ2) is 15.1. The summed E-state index contributed by atoms with van der Waals surface area (Å²) in [7, 11) is 0. The summed E-state index contributed by atoms with van der Waals surface area (Å²) < 4.78 is 11.3. The van der Waals surface area contributed by atoms with Crippen molar-refractivity contribution in [1.82, 2.24) is 15.0 Å². The molecule has 0 radical (unpaired) electrons. The number of rotatable bonds is 6. The minimum atomic E-state index is -0.435. The number of ether oxygens (including phenoxy) is 2. The molecule has 3 aromatic rings. The molecule has 202 valence electrons. The summed E-state index contributed by atoms with van der Waals surface area (Å²) in [6.07, 6.45) is 9.02. The minimum absolute atomic E-state index is 0.232. The lowest BCUT2D eigenvalue weighted by Gasteiger charge is -2.18. The Labute approximate surface area is 238 Å². The molecule has 8 nitrogen and oxygen atoms in total. The van der Waals surface area contributed by atoms with Crippen LogP contribution in [0.1, 0.15) is 61.3 Å². The molecule has 0 saturated heterocycles. The predicted octanol–water partition coefficient (Wildman–Crippen LogP) is 6.83. The van der Waals surface area contributed by atoms with E-state index in [9.17, 15) is 9.59 Å². The topological polar surface area (TPSA) is 117 Å². The predicted molar refractivity (Wildman–Crippen MR) is 158 cm³/mol. The number of nitrogens with two attached hydrogens (primary N) is 1. The van der Waals surface area contributed by atoms with Crippen molar-refractivity contribution in [2.75, 3.05) is 5.73 Å². The summed E-state index contributed by atoms with van der Waals surface area (Å²) in [5.41, 5.74) is 4.45. The summed E-state index contributed by atoms with van der Waals surface area (Å²) in [6, 6.07) is 0. The standard InChI is InChI=1S/C11H15NO2S.C9H12BrNO2S.C5H6N2S/c1-5-8-7-12-9(15-8)6-10(13)14-11(2,3)4;1-9(2,3)13-8(12)4-7-11-5-6(10)14-7;1-2-4-3-7-5(6)8-4/h5,7H,1,6H2,2-4H3;5H,4H2,1-3H3;2-3H,1H2,(H2,6,7). The average Bonchev–Trinajstić information content (AvgIpc) is 3.47. The van der Waals surface area contributed by atoms with Gasteiger partial charge in [-0.15, -0.1) is 22.7 Å². The molecule has 0 unspecified atom stereocenters. The third-order valence-electron chi connectivity index (χ3n) is 3.47. The highest BCUT2D eigenvalue weighted by atomic mass is 79.9. The number of carbonyl (C=O) groups is 2. The first kappa shape index (κ1) is 32.6. The van der Waals surface area contributed by atoms with Gasteiger partial charge >= 0.3 is 11.9 Å². The van der Waals surface area contributed by atoms with Crippen molar-refractivity contribution in [3.8, 4) is 0 Å². The number of aromatic nitrogens is 3. The fourth-order valence-electron chi connectivity index (χ4n) is 2.27. The Morgan fingerprint density at radius 3 is 1.59 bits per heavy atom. The molecule has 0 fully saturated rings. The number of anilines is 1. The molecule has 37 heavy (non-hydrogen) atoms. The summed E-state index contributed by atoms with van der Waals surface area (Å²) in [6.45, 7) is 18.3. The molecule has 2 N–H and O–H groups in total. The van der Waals surface area contributed by atoms with Crippen molar-refractivity contribution in [1.29, 1.82) is 0 Å². The molecule has 3 heterocycles. The van der Waals surface area contributed by atoms with Gasteiger partial charge in [0.25, 0.3) is 0 Å². The molecule has 0 spiro atoms. The quantitative estimate of drug-likeness (QED) is 0.295. The van der Waals surface area contributed by atoms with E-state index in [-0.39, 0.29) is 24.8 Å². The van der Waals surface area contributed by atoms with E-state index in [0.717, 1.165) is 23.6 Å². The minimum Gasteiger partial charge on any atom is -0.460 e. The van der Waals surface area contributed by atoms with Gasteiger partial charge in [0.1, 0.15) is 21.2 Å². The van der Waals surface area contributed by atoms with Gasteiger partial charge in [-0.1, -0.05) is 36.6 Å². The van der Waals surface area contributed by atoms with Crippen LogP contribution in [0, 0.1) is 0 Å². The van der Waals surface area contributed by atoms with E-state index in [4.69, 9.17) is 15.2 Å². The molecule has 12 heteroatoms. The average molecular weight is 630 g/mol. The van der Waals surface area contributed by atoms with Crippen LogP contribution in [0.4, 0.5) is 5.13 Å². The van der Waals surface area contributed by atoms with Crippen LogP contribution in [0.3, 0.4) is 0 Å². The van der Waals surface area contributed by atoms with Crippen molar-refractivity contribution in [3.05, 3.63) is 55.3 Å². The molecule has 0 aliphatic carbocycles. The Balaban J connectivity index is 0.000000290. The highest BCUT2D eigenvalue weighted by molar-refractivity contribution is 9.11. The van der Waals surface area contributed by atoms with Gasteiger partial charge in [-0.2, -0.15) is 0 Å². The molecule has 0 aromatic carbocycles. The fourth-order valence-corrected chi connectivity index (χ4v) is 4.85. The van der Waals surface area contributed by atoms with Crippen LogP contribution in [-0.2, 0) is 31.9 Å². The van der Waals surface area contributed by atoms with E-state index in [1.54, 1.807) is 30.7 Å². The Hall–Kier alpha value is -2.41. The van der Waals surface area contributed by atoms with Crippen molar-refractivity contribution in [2.45, 2.75) is 65.6 Å². The lowest BCUT2D eigenvalue weighted by Crippen LogP contribution is -2.24. The maximum atomic E-state index is 11.4. The molecular weight excluding hydrogens is 596 g/mol. The molecule has 0 aliphatic heterocycles. The van der Waals surface area contributed by atoms with Crippen LogP contribution in [0.25, 0.3) is 12.2 Å². The van der Waals surface area contributed by atoms with Crippen molar-refractivity contribution in [2.24, 2.45) is 0 Å². The van der Waals surface area contributed by atoms with E-state index < -0.39 is 11.2 Å². The first-order chi connectivity index (χ1) is 17.1. The Kier molecular flexibility index (Phi) is 13.3. The van der Waals surface area contributed by atoms with Gasteiger partial charge in [-0.05, 0) is 57.5 Å². The van der Waals surface area contributed by atoms with Gasteiger partial charge in [-0.3, -0.25) is 9.59 Å². The zero-order chi connectivity index (χ0) is 28.2. The Bertz CT molecular complexity index is 1170. The van der Waals surface area contributed by atoms with Gasteiger partial charge in [0.2, 0.25) is 0 Å². The van der Waals surface area contributed by atoms with Crippen LogP contribution >= 0.6 is 49.9 Å². The molecule has 0 amide bonds. The number of esters is 2. The van der Waals surface area contributed by atoms with Crippen LogP contribution in [0.15, 0.2) is 35.5 Å². The van der Waals surface area contributed by atoms with Crippen molar-refractivity contribution < 1.29 is 19.1 Å². The number of nitrogens with zero attached hydrogens (tertiary/aromatic N) is 3. The zero-order valence-electron chi connectivity index (χ0n) is 21.9. The van der Waals surface area contributed by atoms with Crippen LogP contribution in [0.5, 0.6) is 0 Å². The van der Waals surface area contributed by atoms with Gasteiger partial charge < -0.3 is 15.2 Å². The molecule has 0 saturated carbocycles. The third-order valence-corrected chi connectivity index (χ3v) is 6.76. The maximum absolute atomic E-state index is 11.4. The number of hydrogen-bond donors (Lipinski definition) is 1.